The first-order chi connectivity index (χ1) is 9.90. The van der Waals surface area contributed by atoms with Crippen molar-refractivity contribution in [2.75, 3.05) is 5.75 Å². The topological polar surface area (TPSA) is 66.4 Å². The van der Waals surface area contributed by atoms with Crippen LogP contribution in [-0.4, -0.2) is 35.2 Å². The number of hydrogen-bond acceptors (Lipinski definition) is 3. The van der Waals surface area contributed by atoms with Gasteiger partial charge >= 0.3 is 5.97 Å². The number of carbonyl (C=O) groups is 2. The average Bonchev–Trinajstić information content (AvgIpc) is 2.39. The zero-order valence-corrected chi connectivity index (χ0v) is 13.3. The van der Waals surface area contributed by atoms with E-state index in [1.54, 1.807) is 0 Å². The van der Waals surface area contributed by atoms with Gasteiger partial charge in [0.1, 0.15) is 6.04 Å². The van der Waals surface area contributed by atoms with Gasteiger partial charge in [0.25, 0.3) is 0 Å². The molecule has 0 aliphatic rings. The number of hydrogen-bond donors (Lipinski definition) is 2. The molecule has 1 atom stereocenters. The number of carbonyl (C=O) groups excluding carboxylic acids is 1. The van der Waals surface area contributed by atoms with Crippen LogP contribution in [0.3, 0.4) is 0 Å². The van der Waals surface area contributed by atoms with Crippen LogP contribution in [0.25, 0.3) is 0 Å². The Hall–Kier alpha value is -1.15. The Morgan fingerprint density at radius 2 is 2.00 bits per heavy atom. The summed E-state index contributed by atoms with van der Waals surface area (Å²) in [4.78, 5) is 23.3. The summed E-state index contributed by atoms with van der Waals surface area (Å²) in [6.07, 6.45) is -3.61. The third kappa shape index (κ3) is 6.90. The van der Waals surface area contributed by atoms with Gasteiger partial charge < -0.3 is 10.4 Å². The highest BCUT2D eigenvalue weighted by molar-refractivity contribution is 9.10. The monoisotopic (exact) mass is 381 g/mol. The van der Waals surface area contributed by atoms with Crippen molar-refractivity contribution in [3.05, 3.63) is 28.7 Å². The molecule has 8 heteroatoms. The summed E-state index contributed by atoms with van der Waals surface area (Å²) in [7, 11) is 0. The van der Waals surface area contributed by atoms with E-state index in [9.17, 15) is 18.4 Å². The summed E-state index contributed by atoms with van der Waals surface area (Å²) in [5, 5.41) is 10.9. The summed E-state index contributed by atoms with van der Waals surface area (Å²) in [5.74, 6) is -1.58. The van der Waals surface area contributed by atoms with E-state index in [-0.39, 0.29) is 6.42 Å². The highest BCUT2D eigenvalue weighted by Gasteiger charge is 2.23. The molecule has 116 valence electrons. The van der Waals surface area contributed by atoms with Crippen molar-refractivity contribution >= 4 is 39.6 Å². The zero-order valence-electron chi connectivity index (χ0n) is 10.9. The average molecular weight is 382 g/mol. The summed E-state index contributed by atoms with van der Waals surface area (Å²) in [6.45, 7) is 0. The molecule has 0 saturated heterocycles. The molecule has 4 nitrogen and oxygen atoms in total. The lowest BCUT2D eigenvalue weighted by Crippen LogP contribution is -2.42. The zero-order chi connectivity index (χ0) is 15.8. The molecule has 1 aromatic rings. The van der Waals surface area contributed by atoms with Crippen LogP contribution in [0.4, 0.5) is 8.78 Å². The van der Waals surface area contributed by atoms with E-state index >= 15 is 0 Å². The Morgan fingerprint density at radius 1 is 1.33 bits per heavy atom. The van der Waals surface area contributed by atoms with Crippen molar-refractivity contribution in [1.82, 2.24) is 5.32 Å². The molecule has 0 fully saturated rings. The predicted molar refractivity (Wildman–Crippen MR) is 79.7 cm³/mol. The Labute approximate surface area is 133 Å². The van der Waals surface area contributed by atoms with Gasteiger partial charge in [0, 0.05) is 28.0 Å². The normalized spacial score (nSPS) is 12.2. The molecule has 0 aliphatic heterocycles. The van der Waals surface area contributed by atoms with E-state index < -0.39 is 30.8 Å². The Bertz CT molecular complexity index is 502. The molecule has 1 unspecified atom stereocenters. The number of thioether (sulfide) groups is 1. The summed E-state index contributed by atoms with van der Waals surface area (Å²) < 4.78 is 25.3. The smallest absolute Gasteiger partial charge is 0.326 e. The largest absolute Gasteiger partial charge is 0.480 e. The van der Waals surface area contributed by atoms with Crippen LogP contribution >= 0.6 is 27.7 Å². The van der Waals surface area contributed by atoms with Crippen molar-refractivity contribution < 1.29 is 23.5 Å². The van der Waals surface area contributed by atoms with Gasteiger partial charge in [0.05, 0.1) is 0 Å². The first-order valence-corrected chi connectivity index (χ1v) is 7.85. The molecule has 0 radical (unpaired) electrons. The lowest BCUT2D eigenvalue weighted by molar-refractivity contribution is -0.143. The summed E-state index contributed by atoms with van der Waals surface area (Å²) in [5.41, 5.74) is 0. The molecule has 0 aliphatic carbocycles. The van der Waals surface area contributed by atoms with Gasteiger partial charge in [-0.2, -0.15) is 0 Å². The molecule has 0 bridgehead atoms. The summed E-state index contributed by atoms with van der Waals surface area (Å²) in [6, 6.07) is 5.92. The lowest BCUT2D eigenvalue weighted by atomic mass is 10.2. The Kier molecular flexibility index (Phi) is 7.66. The van der Waals surface area contributed by atoms with Crippen LogP contribution in [0.5, 0.6) is 0 Å². The van der Waals surface area contributed by atoms with E-state index in [4.69, 9.17) is 5.11 Å². The number of amides is 1. The molecule has 0 spiro atoms. The van der Waals surface area contributed by atoms with E-state index in [0.717, 1.165) is 9.37 Å². The lowest BCUT2D eigenvalue weighted by Gasteiger charge is -2.13. The van der Waals surface area contributed by atoms with Crippen molar-refractivity contribution in [3.63, 3.8) is 0 Å². The number of aliphatic carboxylic acids is 1. The number of halogens is 3. The summed E-state index contributed by atoms with van der Waals surface area (Å²) >= 11 is 4.79. The quantitative estimate of drug-likeness (QED) is 0.678. The maximum Gasteiger partial charge on any atom is 0.326 e. The second-order valence-electron chi connectivity index (χ2n) is 4.11. The third-order valence-electron chi connectivity index (χ3n) is 2.47. The van der Waals surface area contributed by atoms with Crippen LogP contribution in [0.1, 0.15) is 12.8 Å². The van der Waals surface area contributed by atoms with Gasteiger partial charge in [0.15, 0.2) is 0 Å². The van der Waals surface area contributed by atoms with Gasteiger partial charge in [-0.15, -0.1) is 11.8 Å². The van der Waals surface area contributed by atoms with Crippen molar-refractivity contribution in [2.24, 2.45) is 0 Å². The van der Waals surface area contributed by atoms with E-state index in [1.807, 2.05) is 24.3 Å². The second-order valence-corrected chi connectivity index (χ2v) is 6.11. The van der Waals surface area contributed by atoms with Gasteiger partial charge in [-0.25, -0.2) is 13.6 Å². The maximum absolute atomic E-state index is 12.2. The number of carboxylic acid groups (broad SMARTS) is 1. The molecule has 21 heavy (non-hydrogen) atoms. The minimum absolute atomic E-state index is 0.0546. The Morgan fingerprint density at radius 3 is 2.57 bits per heavy atom. The van der Waals surface area contributed by atoms with Crippen LogP contribution in [0.15, 0.2) is 33.6 Å². The minimum atomic E-state index is -2.78. The van der Waals surface area contributed by atoms with Gasteiger partial charge in [-0.05, 0) is 28.1 Å². The highest BCUT2D eigenvalue weighted by atomic mass is 79.9. The standard InChI is InChI=1S/C13H14BrF2NO3S/c14-8-3-1-2-4-10(8)21-6-5-12(18)17-9(13(19)20)7-11(15)16/h1-4,9,11H,5-7H2,(H,17,18)(H,19,20). The van der Waals surface area contributed by atoms with E-state index in [0.29, 0.717) is 5.75 Å². The fraction of sp³-hybridized carbons (Fsp3) is 0.385. The fourth-order valence-corrected chi connectivity index (χ4v) is 3.00. The molecule has 2 N–H and O–H groups in total. The second kappa shape index (κ2) is 8.99. The molecule has 0 heterocycles. The minimum Gasteiger partial charge on any atom is -0.480 e. The molecule has 1 amide bonds. The molecule has 1 aromatic carbocycles. The SMILES string of the molecule is O=C(CCSc1ccccc1Br)NC(CC(F)F)C(=O)O. The molecule has 1 rings (SSSR count). The van der Waals surface area contributed by atoms with Crippen molar-refractivity contribution in [3.8, 4) is 0 Å². The van der Waals surface area contributed by atoms with Crippen molar-refractivity contribution in [2.45, 2.75) is 30.2 Å². The molecular weight excluding hydrogens is 368 g/mol. The molecular formula is C13H14BrF2NO3S. The molecule has 0 aromatic heterocycles. The number of alkyl halides is 2. The number of benzene rings is 1. The van der Waals surface area contributed by atoms with Crippen LogP contribution in [0.2, 0.25) is 0 Å². The van der Waals surface area contributed by atoms with Crippen LogP contribution in [-0.2, 0) is 9.59 Å². The highest BCUT2D eigenvalue weighted by Crippen LogP contribution is 2.27. The van der Waals surface area contributed by atoms with Crippen LogP contribution < -0.4 is 5.32 Å². The van der Waals surface area contributed by atoms with Crippen molar-refractivity contribution in [1.29, 1.82) is 0 Å². The molecule has 0 saturated carbocycles. The Balaban J connectivity index is 2.39. The van der Waals surface area contributed by atoms with E-state index in [1.165, 1.54) is 11.8 Å². The first-order valence-electron chi connectivity index (χ1n) is 6.07. The fourth-order valence-electron chi connectivity index (χ4n) is 1.48. The number of carboxylic acids is 1. The van der Waals surface area contributed by atoms with E-state index in [2.05, 4.69) is 21.2 Å². The van der Waals surface area contributed by atoms with Gasteiger partial charge in [-0.3, -0.25) is 4.79 Å². The number of rotatable bonds is 8. The third-order valence-corrected chi connectivity index (χ3v) is 4.50. The maximum atomic E-state index is 12.2. The predicted octanol–water partition coefficient (Wildman–Crippen LogP) is 3.16. The first kappa shape index (κ1) is 17.9. The van der Waals surface area contributed by atoms with Gasteiger partial charge in [-0.1, -0.05) is 12.1 Å². The van der Waals surface area contributed by atoms with Crippen LogP contribution in [0, 0.1) is 0 Å². The van der Waals surface area contributed by atoms with Gasteiger partial charge in [0.2, 0.25) is 12.3 Å². The number of nitrogens with one attached hydrogen (secondary N) is 1.